The summed E-state index contributed by atoms with van der Waals surface area (Å²) in [5.41, 5.74) is 5.12. The van der Waals surface area contributed by atoms with E-state index in [4.69, 9.17) is 10.5 Å². The lowest BCUT2D eigenvalue weighted by atomic mass is 10.2. The van der Waals surface area contributed by atoms with Gasteiger partial charge in [-0.05, 0) is 12.1 Å². The predicted octanol–water partition coefficient (Wildman–Crippen LogP) is 0.317. The second kappa shape index (κ2) is 5.20. The molecule has 5 nitrogen and oxygen atoms in total. The zero-order valence-corrected chi connectivity index (χ0v) is 9.78. The maximum absolute atomic E-state index is 11.7. The summed E-state index contributed by atoms with van der Waals surface area (Å²) in [4.78, 5) is 22.6. The molecule has 0 aliphatic carbocycles. The fourth-order valence-electron chi connectivity index (χ4n) is 1.42. The number of thioether (sulfide) groups is 1. The highest BCUT2D eigenvalue weighted by molar-refractivity contribution is 8.00. The third-order valence-corrected chi connectivity index (χ3v) is 3.38. The van der Waals surface area contributed by atoms with Gasteiger partial charge in [0, 0.05) is 5.75 Å². The summed E-state index contributed by atoms with van der Waals surface area (Å²) in [6.45, 7) is 0. The SMILES string of the molecule is NC(=O)C1CSC(OC(=O)c2ccccc2)N1. The first-order valence-corrected chi connectivity index (χ1v) is 6.14. The van der Waals surface area contributed by atoms with Crippen LogP contribution in [0.4, 0.5) is 0 Å². The number of hydrogen-bond donors (Lipinski definition) is 2. The highest BCUT2D eigenvalue weighted by Crippen LogP contribution is 2.20. The minimum Gasteiger partial charge on any atom is -0.433 e. The molecule has 0 saturated carbocycles. The summed E-state index contributed by atoms with van der Waals surface area (Å²) in [5.74, 6) is -0.335. The maximum Gasteiger partial charge on any atom is 0.340 e. The van der Waals surface area contributed by atoms with E-state index < -0.39 is 23.5 Å². The van der Waals surface area contributed by atoms with Crippen molar-refractivity contribution in [3.05, 3.63) is 35.9 Å². The number of rotatable bonds is 3. The van der Waals surface area contributed by atoms with Gasteiger partial charge in [0.2, 0.25) is 11.5 Å². The van der Waals surface area contributed by atoms with Crippen molar-refractivity contribution in [2.45, 2.75) is 11.6 Å². The largest absolute Gasteiger partial charge is 0.433 e. The second-order valence-electron chi connectivity index (χ2n) is 3.56. The van der Waals surface area contributed by atoms with Gasteiger partial charge < -0.3 is 10.5 Å². The van der Waals surface area contributed by atoms with Gasteiger partial charge in [0.25, 0.3) is 0 Å². The van der Waals surface area contributed by atoms with Crippen molar-refractivity contribution in [3.63, 3.8) is 0 Å². The van der Waals surface area contributed by atoms with E-state index in [2.05, 4.69) is 5.32 Å². The molecule has 0 spiro atoms. The van der Waals surface area contributed by atoms with E-state index in [1.54, 1.807) is 24.3 Å². The number of ether oxygens (including phenoxy) is 1. The van der Waals surface area contributed by atoms with E-state index in [0.29, 0.717) is 11.3 Å². The number of hydrogen-bond acceptors (Lipinski definition) is 5. The van der Waals surface area contributed by atoms with Gasteiger partial charge in [0.1, 0.15) is 0 Å². The van der Waals surface area contributed by atoms with Crippen LogP contribution in [0.2, 0.25) is 0 Å². The van der Waals surface area contributed by atoms with Crippen LogP contribution in [0, 0.1) is 0 Å². The zero-order chi connectivity index (χ0) is 12.3. The third-order valence-electron chi connectivity index (χ3n) is 2.32. The van der Waals surface area contributed by atoms with E-state index in [1.807, 2.05) is 6.07 Å². The molecule has 2 unspecified atom stereocenters. The molecule has 1 saturated heterocycles. The van der Waals surface area contributed by atoms with Gasteiger partial charge in [0.15, 0.2) is 0 Å². The van der Waals surface area contributed by atoms with Crippen molar-refractivity contribution >= 4 is 23.6 Å². The number of nitrogens with one attached hydrogen (secondary N) is 1. The van der Waals surface area contributed by atoms with Crippen LogP contribution in [-0.4, -0.2) is 29.2 Å². The van der Waals surface area contributed by atoms with Gasteiger partial charge in [-0.2, -0.15) is 0 Å². The summed E-state index contributed by atoms with van der Waals surface area (Å²) >= 11 is 1.35. The molecule has 1 amide bonds. The molecule has 1 heterocycles. The molecule has 1 aliphatic heterocycles. The molecular formula is C11H12N2O3S. The highest BCUT2D eigenvalue weighted by atomic mass is 32.2. The normalized spacial score (nSPS) is 23.3. The van der Waals surface area contributed by atoms with Gasteiger partial charge in [-0.25, -0.2) is 4.79 Å². The van der Waals surface area contributed by atoms with E-state index in [0.717, 1.165) is 0 Å². The molecule has 1 fully saturated rings. The Hall–Kier alpha value is -1.53. The first-order valence-electron chi connectivity index (χ1n) is 5.10. The molecule has 1 aromatic carbocycles. The van der Waals surface area contributed by atoms with Crippen molar-refractivity contribution < 1.29 is 14.3 Å². The topological polar surface area (TPSA) is 81.4 Å². The Morgan fingerprint density at radius 1 is 1.35 bits per heavy atom. The van der Waals surface area contributed by atoms with Crippen molar-refractivity contribution in [1.82, 2.24) is 5.32 Å². The summed E-state index contributed by atoms with van der Waals surface area (Å²) in [6.07, 6.45) is 0. The number of amides is 1. The summed E-state index contributed by atoms with van der Waals surface area (Å²) in [7, 11) is 0. The molecule has 0 radical (unpaired) electrons. The Kier molecular flexibility index (Phi) is 3.65. The van der Waals surface area contributed by atoms with Crippen LogP contribution in [0.15, 0.2) is 30.3 Å². The van der Waals surface area contributed by atoms with Crippen LogP contribution in [0.1, 0.15) is 10.4 Å². The Morgan fingerprint density at radius 3 is 2.65 bits per heavy atom. The fraction of sp³-hybridized carbons (Fsp3) is 0.273. The lowest BCUT2D eigenvalue weighted by Crippen LogP contribution is -2.42. The van der Waals surface area contributed by atoms with Crippen LogP contribution in [-0.2, 0) is 9.53 Å². The summed E-state index contributed by atoms with van der Waals surface area (Å²) < 4.78 is 5.18. The van der Waals surface area contributed by atoms with E-state index in [-0.39, 0.29) is 0 Å². The molecule has 2 rings (SSSR count). The first-order chi connectivity index (χ1) is 8.16. The number of primary amides is 1. The Bertz CT molecular complexity index is 424. The lowest BCUT2D eigenvalue weighted by molar-refractivity contribution is -0.119. The molecule has 1 aliphatic rings. The number of carbonyl (C=O) groups excluding carboxylic acids is 2. The Balaban J connectivity index is 1.91. The average molecular weight is 252 g/mol. The van der Waals surface area contributed by atoms with Crippen LogP contribution < -0.4 is 11.1 Å². The van der Waals surface area contributed by atoms with Crippen LogP contribution in [0.3, 0.4) is 0 Å². The molecule has 2 atom stereocenters. The average Bonchev–Trinajstić information content (AvgIpc) is 2.79. The van der Waals surface area contributed by atoms with E-state index >= 15 is 0 Å². The predicted molar refractivity (Wildman–Crippen MR) is 64.2 cm³/mol. The van der Waals surface area contributed by atoms with E-state index in [9.17, 15) is 9.59 Å². The van der Waals surface area contributed by atoms with Gasteiger partial charge in [0.05, 0.1) is 11.6 Å². The standard InChI is InChI=1S/C11H12N2O3S/c12-9(14)8-6-17-11(13-8)16-10(15)7-4-2-1-3-5-7/h1-5,8,11,13H,6H2,(H2,12,14). The first kappa shape index (κ1) is 11.9. The van der Waals surface area contributed by atoms with Crippen molar-refractivity contribution in [2.24, 2.45) is 5.73 Å². The number of esters is 1. The maximum atomic E-state index is 11.7. The smallest absolute Gasteiger partial charge is 0.340 e. The Morgan fingerprint density at radius 2 is 2.06 bits per heavy atom. The van der Waals surface area contributed by atoms with Crippen molar-refractivity contribution in [1.29, 1.82) is 0 Å². The van der Waals surface area contributed by atoms with Crippen molar-refractivity contribution in [3.8, 4) is 0 Å². The minimum atomic E-state index is -0.514. The molecular weight excluding hydrogens is 240 g/mol. The van der Waals surface area contributed by atoms with Gasteiger partial charge in [-0.3, -0.25) is 10.1 Å². The molecule has 6 heteroatoms. The second-order valence-corrected chi connectivity index (χ2v) is 4.65. The number of nitrogens with two attached hydrogens (primary N) is 1. The minimum absolute atomic E-state index is 0.416. The number of carbonyl (C=O) groups is 2. The molecule has 3 N–H and O–H groups in total. The van der Waals surface area contributed by atoms with Gasteiger partial charge in [-0.15, -0.1) is 0 Å². The third kappa shape index (κ3) is 2.98. The highest BCUT2D eigenvalue weighted by Gasteiger charge is 2.30. The van der Waals surface area contributed by atoms with Gasteiger partial charge in [-0.1, -0.05) is 30.0 Å². The molecule has 0 aromatic heterocycles. The van der Waals surface area contributed by atoms with Gasteiger partial charge >= 0.3 is 5.97 Å². The fourth-order valence-corrected chi connectivity index (χ4v) is 2.46. The van der Waals surface area contributed by atoms with E-state index in [1.165, 1.54) is 11.8 Å². The lowest BCUT2D eigenvalue weighted by Gasteiger charge is -2.12. The van der Waals surface area contributed by atoms with Crippen LogP contribution in [0.25, 0.3) is 0 Å². The number of benzene rings is 1. The Labute approximate surface area is 103 Å². The molecule has 0 bridgehead atoms. The molecule has 90 valence electrons. The zero-order valence-electron chi connectivity index (χ0n) is 8.96. The van der Waals surface area contributed by atoms with Crippen molar-refractivity contribution in [2.75, 3.05) is 5.75 Å². The molecule has 17 heavy (non-hydrogen) atoms. The quantitative estimate of drug-likeness (QED) is 0.757. The monoisotopic (exact) mass is 252 g/mol. The molecule has 1 aromatic rings. The summed E-state index contributed by atoms with van der Waals surface area (Å²) in [6, 6.07) is 8.26. The summed E-state index contributed by atoms with van der Waals surface area (Å²) in [5, 5.41) is 2.84. The van der Waals surface area contributed by atoms with Crippen LogP contribution >= 0.6 is 11.8 Å². The van der Waals surface area contributed by atoms with Crippen LogP contribution in [0.5, 0.6) is 0 Å².